The molecule has 4 nitrogen and oxygen atoms in total. The van der Waals surface area contributed by atoms with Crippen molar-refractivity contribution in [2.75, 3.05) is 25.2 Å². The van der Waals surface area contributed by atoms with E-state index in [1.165, 1.54) is 0 Å². The molecule has 0 radical (unpaired) electrons. The van der Waals surface area contributed by atoms with Crippen molar-refractivity contribution in [1.29, 1.82) is 0 Å². The van der Waals surface area contributed by atoms with E-state index < -0.39 is 15.9 Å². The quantitative estimate of drug-likeness (QED) is 0.759. The first-order valence-corrected chi connectivity index (χ1v) is 7.64. The van der Waals surface area contributed by atoms with Gasteiger partial charge in [-0.25, -0.2) is 8.42 Å². The van der Waals surface area contributed by atoms with Gasteiger partial charge in [-0.3, -0.25) is 0 Å². The molecule has 0 spiro atoms. The fourth-order valence-electron chi connectivity index (χ4n) is 2.13. The van der Waals surface area contributed by atoms with Gasteiger partial charge in [-0.1, -0.05) is 6.92 Å². The van der Waals surface area contributed by atoms with Crippen LogP contribution in [0.15, 0.2) is 0 Å². The van der Waals surface area contributed by atoms with E-state index >= 15 is 0 Å². The zero-order valence-corrected chi connectivity index (χ0v) is 10.9. The zero-order chi connectivity index (χ0) is 12.2. The number of hydrogen-bond acceptors (Lipinski definition) is 4. The molecule has 1 aliphatic rings. The van der Waals surface area contributed by atoms with Gasteiger partial charge in [-0.2, -0.15) is 0 Å². The van der Waals surface area contributed by atoms with Crippen LogP contribution in [0.4, 0.5) is 0 Å². The number of aliphatic hydroxyl groups excluding tert-OH is 1. The molecule has 3 unspecified atom stereocenters. The largest absolute Gasteiger partial charge is 0.393 e. The Labute approximate surface area is 97.9 Å². The van der Waals surface area contributed by atoms with Gasteiger partial charge in [-0.05, 0) is 31.1 Å². The van der Waals surface area contributed by atoms with E-state index in [-0.39, 0.29) is 23.3 Å². The molecule has 1 saturated heterocycles. The van der Waals surface area contributed by atoms with Crippen LogP contribution in [0.3, 0.4) is 0 Å². The summed E-state index contributed by atoms with van der Waals surface area (Å²) in [6.07, 6.45) is 1.71. The van der Waals surface area contributed by atoms with Crippen LogP contribution in [-0.4, -0.2) is 44.9 Å². The van der Waals surface area contributed by atoms with E-state index in [1.807, 2.05) is 6.92 Å². The summed E-state index contributed by atoms with van der Waals surface area (Å²) < 4.78 is 27.5. The number of ether oxygens (including phenoxy) is 1. The van der Waals surface area contributed by atoms with Gasteiger partial charge in [0.25, 0.3) is 0 Å². The molecule has 0 amide bonds. The molecule has 1 rings (SSSR count). The maximum Gasteiger partial charge on any atom is 0.150 e. The predicted octanol–water partition coefficient (Wildman–Crippen LogP) is 0.845. The van der Waals surface area contributed by atoms with Crippen molar-refractivity contribution in [3.8, 4) is 0 Å². The molecule has 5 heteroatoms. The molecule has 3 atom stereocenters. The lowest BCUT2D eigenvalue weighted by molar-refractivity contribution is 0.0712. The van der Waals surface area contributed by atoms with Crippen molar-refractivity contribution < 1.29 is 18.3 Å². The normalized spacial score (nSPS) is 27.8. The molecule has 0 aromatic heterocycles. The average Bonchev–Trinajstić information content (AvgIpc) is 2.54. The third kappa shape index (κ3) is 4.39. The molecule has 16 heavy (non-hydrogen) atoms. The second-order valence-corrected chi connectivity index (χ2v) is 7.06. The Balaban J connectivity index is 2.31. The highest BCUT2D eigenvalue weighted by atomic mass is 32.2. The Hall–Kier alpha value is -0.130. The van der Waals surface area contributed by atoms with Gasteiger partial charge in [-0.15, -0.1) is 0 Å². The first-order valence-electron chi connectivity index (χ1n) is 5.82. The Morgan fingerprint density at radius 3 is 2.69 bits per heavy atom. The van der Waals surface area contributed by atoms with Gasteiger partial charge in [0, 0.05) is 13.7 Å². The fourth-order valence-corrected chi connectivity index (χ4v) is 4.01. The van der Waals surface area contributed by atoms with Crippen LogP contribution in [0.25, 0.3) is 0 Å². The summed E-state index contributed by atoms with van der Waals surface area (Å²) in [5.74, 6) is 0.853. The summed E-state index contributed by atoms with van der Waals surface area (Å²) in [5, 5.41) is 9.92. The Kier molecular flexibility index (Phi) is 5.21. The maximum atomic E-state index is 11.3. The van der Waals surface area contributed by atoms with E-state index in [2.05, 4.69) is 0 Å². The molecule has 1 N–H and O–H groups in total. The monoisotopic (exact) mass is 250 g/mol. The first-order chi connectivity index (χ1) is 7.44. The van der Waals surface area contributed by atoms with Gasteiger partial charge in [0.2, 0.25) is 0 Å². The molecule has 1 heterocycles. The molecule has 0 aromatic rings. The Bertz CT molecular complexity index is 299. The summed E-state index contributed by atoms with van der Waals surface area (Å²) in [6.45, 7) is 2.62. The van der Waals surface area contributed by atoms with Gasteiger partial charge < -0.3 is 9.84 Å². The highest BCUT2D eigenvalue weighted by molar-refractivity contribution is 7.91. The standard InChI is InChI=1S/C11H22O4S/c1-9(3-5-15-2)11(12)7-10-4-6-16(13,14)8-10/h9-12H,3-8H2,1-2H3. The number of sulfone groups is 1. The molecule has 1 fully saturated rings. The van der Waals surface area contributed by atoms with E-state index in [4.69, 9.17) is 4.74 Å². The van der Waals surface area contributed by atoms with Crippen molar-refractivity contribution in [3.63, 3.8) is 0 Å². The predicted molar refractivity (Wildman–Crippen MR) is 63.0 cm³/mol. The molecule has 0 bridgehead atoms. The molecule has 96 valence electrons. The van der Waals surface area contributed by atoms with Crippen LogP contribution >= 0.6 is 0 Å². The smallest absolute Gasteiger partial charge is 0.150 e. The fraction of sp³-hybridized carbons (Fsp3) is 1.00. The van der Waals surface area contributed by atoms with Crippen LogP contribution in [0.2, 0.25) is 0 Å². The molecular formula is C11H22O4S. The summed E-state index contributed by atoms with van der Waals surface area (Å²) in [6, 6.07) is 0. The molecule has 0 aliphatic carbocycles. The third-order valence-electron chi connectivity index (χ3n) is 3.34. The Morgan fingerprint density at radius 2 is 2.19 bits per heavy atom. The van der Waals surface area contributed by atoms with E-state index in [9.17, 15) is 13.5 Å². The number of hydrogen-bond donors (Lipinski definition) is 1. The van der Waals surface area contributed by atoms with E-state index in [0.717, 1.165) is 6.42 Å². The topological polar surface area (TPSA) is 63.6 Å². The maximum absolute atomic E-state index is 11.3. The van der Waals surface area contributed by atoms with Crippen molar-refractivity contribution in [3.05, 3.63) is 0 Å². The second kappa shape index (κ2) is 5.98. The second-order valence-electron chi connectivity index (χ2n) is 4.83. The highest BCUT2D eigenvalue weighted by Gasteiger charge is 2.30. The number of methoxy groups -OCH3 is 1. The van der Waals surface area contributed by atoms with Crippen molar-refractivity contribution >= 4 is 9.84 Å². The Morgan fingerprint density at radius 1 is 1.50 bits per heavy atom. The summed E-state index contributed by atoms with van der Waals surface area (Å²) >= 11 is 0. The van der Waals surface area contributed by atoms with Crippen LogP contribution in [0, 0.1) is 11.8 Å². The van der Waals surface area contributed by atoms with Crippen molar-refractivity contribution in [2.24, 2.45) is 11.8 Å². The summed E-state index contributed by atoms with van der Waals surface area (Å²) in [4.78, 5) is 0. The summed E-state index contributed by atoms with van der Waals surface area (Å²) in [5.41, 5.74) is 0. The molecule has 0 aromatic carbocycles. The minimum atomic E-state index is -2.82. The van der Waals surface area contributed by atoms with Gasteiger partial charge in [0.05, 0.1) is 17.6 Å². The van der Waals surface area contributed by atoms with Crippen molar-refractivity contribution in [2.45, 2.75) is 32.3 Å². The van der Waals surface area contributed by atoms with Crippen molar-refractivity contribution in [1.82, 2.24) is 0 Å². The lowest BCUT2D eigenvalue weighted by atomic mass is 9.92. The van der Waals surface area contributed by atoms with Gasteiger partial charge >= 0.3 is 0 Å². The highest BCUT2D eigenvalue weighted by Crippen LogP contribution is 2.25. The van der Waals surface area contributed by atoms with E-state index in [0.29, 0.717) is 19.4 Å². The van der Waals surface area contributed by atoms with Crippen LogP contribution in [-0.2, 0) is 14.6 Å². The molecule has 1 aliphatic heterocycles. The number of rotatable bonds is 6. The molecular weight excluding hydrogens is 228 g/mol. The third-order valence-corrected chi connectivity index (χ3v) is 5.17. The zero-order valence-electron chi connectivity index (χ0n) is 10.1. The number of aliphatic hydroxyl groups is 1. The van der Waals surface area contributed by atoms with E-state index in [1.54, 1.807) is 7.11 Å². The minimum absolute atomic E-state index is 0.144. The van der Waals surface area contributed by atoms with Gasteiger partial charge in [0.1, 0.15) is 0 Å². The van der Waals surface area contributed by atoms with Crippen LogP contribution in [0.1, 0.15) is 26.2 Å². The summed E-state index contributed by atoms with van der Waals surface area (Å²) in [7, 11) is -1.18. The average molecular weight is 250 g/mol. The lowest BCUT2D eigenvalue weighted by Crippen LogP contribution is -2.23. The van der Waals surface area contributed by atoms with Crippen LogP contribution in [0.5, 0.6) is 0 Å². The first kappa shape index (κ1) is 13.9. The minimum Gasteiger partial charge on any atom is -0.393 e. The SMILES string of the molecule is COCCC(C)C(O)CC1CCS(=O)(=O)C1. The van der Waals surface area contributed by atoms with Gasteiger partial charge in [0.15, 0.2) is 9.84 Å². The molecule has 0 saturated carbocycles. The lowest BCUT2D eigenvalue weighted by Gasteiger charge is -2.20. The van der Waals surface area contributed by atoms with Crippen LogP contribution < -0.4 is 0 Å².